The summed E-state index contributed by atoms with van der Waals surface area (Å²) in [6.45, 7) is 3.65. The number of carbonyl (C=O) groups is 1. The number of rotatable bonds is 1. The second kappa shape index (κ2) is 30.6. The molecule has 0 aliphatic heterocycles. The Hall–Kier alpha value is -0.0300. The Bertz CT molecular complexity index is 73.8. The molecule has 0 aliphatic rings. The van der Waals surface area contributed by atoms with E-state index in [9.17, 15) is 4.79 Å². The number of hydrogen-bond donors (Lipinski definition) is 2. The second-order valence-electron chi connectivity index (χ2n) is 1.03. The zero-order chi connectivity index (χ0) is 9.70. The fourth-order valence-corrected chi connectivity index (χ4v) is 0.203. The average molecular weight is 222 g/mol. The zero-order valence-electron chi connectivity index (χ0n) is 7.64. The van der Waals surface area contributed by atoms with E-state index in [0.29, 0.717) is 6.61 Å². The van der Waals surface area contributed by atoms with Gasteiger partial charge in [-0.2, -0.15) is 0 Å². The van der Waals surface area contributed by atoms with Crippen molar-refractivity contribution in [3.63, 3.8) is 0 Å². The summed E-state index contributed by atoms with van der Waals surface area (Å²) in [5.74, 6) is -0.211. The Balaban J connectivity index is -0.0000000462. The highest BCUT2D eigenvalue weighted by atomic mass is 35.5. The third-order valence-corrected chi connectivity index (χ3v) is 0.348. The third kappa shape index (κ3) is 90.9. The minimum Gasteiger partial charge on any atom is -0.466 e. The molecule has 0 amide bonds. The molecule has 0 aromatic rings. The molecule has 12 heavy (non-hydrogen) atoms. The van der Waals surface area contributed by atoms with Crippen LogP contribution in [0.4, 0.5) is 0 Å². The van der Waals surface area contributed by atoms with Crippen molar-refractivity contribution in [3.8, 4) is 0 Å². The molecule has 6 heteroatoms. The van der Waals surface area contributed by atoms with Crippen LogP contribution in [0.3, 0.4) is 0 Å². The fraction of sp³-hybridized carbons (Fsp3) is 0.833. The summed E-state index contributed by atoms with van der Waals surface area (Å²) >= 11 is 9.53. The Morgan fingerprint density at radius 1 is 1.42 bits per heavy atom. The predicted octanol–water partition coefficient (Wildman–Crippen LogP) is 1.76. The lowest BCUT2D eigenvalue weighted by Crippen LogP contribution is -1.95. The molecule has 0 atom stereocenters. The molecule has 0 unspecified atom stereocenters. The van der Waals surface area contributed by atoms with Crippen LogP contribution < -0.4 is 6.15 Å². The van der Waals surface area contributed by atoms with Crippen LogP contribution in [0.1, 0.15) is 13.8 Å². The first-order valence-electron chi connectivity index (χ1n) is 2.89. The van der Waals surface area contributed by atoms with Gasteiger partial charge in [0.25, 0.3) is 0 Å². The highest BCUT2D eigenvalue weighted by molar-refractivity contribution is 6.40. The van der Waals surface area contributed by atoms with Gasteiger partial charge in [-0.15, -0.1) is 23.2 Å². The standard InChI is InChI=1S/C4H8O2.CH2Cl2.CH4O.H3N/c1-3-6-4(2)5;2-1-3;1-2;/h3H2,1-2H3;1H2;2H,1H3;1H3. The Labute approximate surface area is 83.4 Å². The maximum Gasteiger partial charge on any atom is 0.302 e. The predicted molar refractivity (Wildman–Crippen MR) is 52.0 cm³/mol. The highest BCUT2D eigenvalue weighted by Crippen LogP contribution is 1.73. The summed E-state index contributed by atoms with van der Waals surface area (Å²) in [6, 6.07) is 0. The fourth-order valence-electron chi connectivity index (χ4n) is 0.203. The molecule has 0 spiro atoms. The molecular formula is C6H17Cl2NO3. The lowest BCUT2D eigenvalue weighted by molar-refractivity contribution is -0.140. The highest BCUT2D eigenvalue weighted by Gasteiger charge is 1.81. The third-order valence-electron chi connectivity index (χ3n) is 0.348. The van der Waals surface area contributed by atoms with E-state index in [-0.39, 0.29) is 17.5 Å². The number of carbonyl (C=O) groups excluding carboxylic acids is 1. The summed E-state index contributed by atoms with van der Waals surface area (Å²) in [4.78, 5) is 9.82. The smallest absolute Gasteiger partial charge is 0.302 e. The van der Waals surface area contributed by atoms with E-state index >= 15 is 0 Å². The summed E-state index contributed by atoms with van der Waals surface area (Å²) < 4.78 is 4.40. The summed E-state index contributed by atoms with van der Waals surface area (Å²) in [5.41, 5.74) is 0. The first-order valence-corrected chi connectivity index (χ1v) is 3.95. The van der Waals surface area contributed by atoms with Crippen molar-refractivity contribution in [2.24, 2.45) is 0 Å². The van der Waals surface area contributed by atoms with Crippen LogP contribution in [0.15, 0.2) is 0 Å². The minimum absolute atomic E-state index is 0. The lowest BCUT2D eigenvalue weighted by atomic mass is 10.8. The topological polar surface area (TPSA) is 81.5 Å². The van der Waals surface area contributed by atoms with Crippen molar-refractivity contribution in [1.82, 2.24) is 6.15 Å². The number of hydrogen-bond acceptors (Lipinski definition) is 4. The minimum atomic E-state index is -0.211. The van der Waals surface area contributed by atoms with Crippen LogP contribution in [0.25, 0.3) is 0 Å². The Morgan fingerprint density at radius 3 is 1.67 bits per heavy atom. The van der Waals surface area contributed by atoms with Crippen LogP contribution in [-0.2, 0) is 9.53 Å². The van der Waals surface area contributed by atoms with E-state index in [1.165, 1.54) is 6.92 Å². The molecule has 0 rings (SSSR count). The monoisotopic (exact) mass is 221 g/mol. The number of alkyl halides is 2. The molecule has 0 fully saturated rings. The molecule has 0 saturated carbocycles. The van der Waals surface area contributed by atoms with E-state index in [1.54, 1.807) is 6.92 Å². The normalized spacial score (nSPS) is 5.83. The molecule has 0 radical (unpaired) electrons. The van der Waals surface area contributed by atoms with Crippen molar-refractivity contribution in [3.05, 3.63) is 0 Å². The molecule has 0 aromatic heterocycles. The number of ether oxygens (including phenoxy) is 1. The van der Waals surface area contributed by atoms with Gasteiger partial charge in [0.05, 0.1) is 11.9 Å². The van der Waals surface area contributed by atoms with Crippen molar-refractivity contribution in [2.45, 2.75) is 13.8 Å². The van der Waals surface area contributed by atoms with Crippen LogP contribution in [-0.4, -0.2) is 30.1 Å². The van der Waals surface area contributed by atoms with Gasteiger partial charge >= 0.3 is 5.97 Å². The number of halogens is 2. The van der Waals surface area contributed by atoms with Crippen molar-refractivity contribution < 1.29 is 14.6 Å². The molecule has 0 saturated heterocycles. The van der Waals surface area contributed by atoms with E-state index in [0.717, 1.165) is 7.11 Å². The molecular weight excluding hydrogens is 205 g/mol. The number of esters is 1. The van der Waals surface area contributed by atoms with Gasteiger partial charge in [-0.3, -0.25) is 4.79 Å². The summed E-state index contributed by atoms with van der Waals surface area (Å²) in [6.07, 6.45) is 0. The Kier molecular flexibility index (Phi) is 57.8. The first-order chi connectivity index (χ1) is 5.18. The van der Waals surface area contributed by atoms with E-state index in [2.05, 4.69) is 4.74 Å². The first kappa shape index (κ1) is 22.7. The van der Waals surface area contributed by atoms with Crippen molar-refractivity contribution >= 4 is 29.2 Å². The van der Waals surface area contributed by atoms with Crippen LogP contribution >= 0.6 is 23.2 Å². The quantitative estimate of drug-likeness (QED) is 0.523. The lowest BCUT2D eigenvalue weighted by Gasteiger charge is -1.89. The van der Waals surface area contributed by atoms with Crippen LogP contribution in [0.2, 0.25) is 0 Å². The van der Waals surface area contributed by atoms with Gasteiger partial charge in [0.15, 0.2) is 0 Å². The van der Waals surface area contributed by atoms with Gasteiger partial charge in [0, 0.05) is 14.0 Å². The SMILES string of the molecule is CCOC(C)=O.CO.ClCCl.N. The van der Waals surface area contributed by atoms with Crippen LogP contribution in [0, 0.1) is 0 Å². The maximum atomic E-state index is 9.82. The van der Waals surface area contributed by atoms with Gasteiger partial charge in [-0.1, -0.05) is 0 Å². The van der Waals surface area contributed by atoms with Crippen LogP contribution in [0.5, 0.6) is 0 Å². The van der Waals surface area contributed by atoms with Gasteiger partial charge in [-0.25, -0.2) is 0 Å². The zero-order valence-corrected chi connectivity index (χ0v) is 9.15. The van der Waals surface area contributed by atoms with Crippen molar-refractivity contribution in [1.29, 1.82) is 0 Å². The van der Waals surface area contributed by atoms with Gasteiger partial charge < -0.3 is 16.0 Å². The van der Waals surface area contributed by atoms with Gasteiger partial charge in [0.2, 0.25) is 0 Å². The largest absolute Gasteiger partial charge is 0.466 e. The van der Waals surface area contributed by atoms with Gasteiger partial charge in [0.1, 0.15) is 0 Å². The second-order valence-corrected chi connectivity index (χ2v) is 1.83. The maximum absolute atomic E-state index is 9.82. The van der Waals surface area contributed by atoms with Gasteiger partial charge in [-0.05, 0) is 6.92 Å². The number of aliphatic hydroxyl groups excluding tert-OH is 1. The summed E-state index contributed by atoms with van der Waals surface area (Å²) in [7, 11) is 1.00. The summed E-state index contributed by atoms with van der Waals surface area (Å²) in [5, 5.41) is 7.19. The van der Waals surface area contributed by atoms with Crippen molar-refractivity contribution in [2.75, 3.05) is 19.1 Å². The number of aliphatic hydroxyl groups is 1. The van der Waals surface area contributed by atoms with E-state index in [1.807, 2.05) is 0 Å². The molecule has 0 bridgehead atoms. The molecule has 0 aliphatic carbocycles. The van der Waals surface area contributed by atoms with E-state index in [4.69, 9.17) is 28.3 Å². The molecule has 4 nitrogen and oxygen atoms in total. The average Bonchev–Trinajstić information content (AvgIpc) is 1.93. The Morgan fingerprint density at radius 2 is 1.67 bits per heavy atom. The molecule has 0 heterocycles. The molecule has 78 valence electrons. The van der Waals surface area contributed by atoms with E-state index < -0.39 is 0 Å². The molecule has 4 N–H and O–H groups in total. The molecule has 0 aromatic carbocycles.